The van der Waals surface area contributed by atoms with E-state index in [1.54, 1.807) is 17.7 Å². The number of hydrogen-bond acceptors (Lipinski definition) is 6. The molecule has 0 atom stereocenters. The average Bonchev–Trinajstić information content (AvgIpc) is 3.54. The van der Waals surface area contributed by atoms with Gasteiger partial charge in [-0.15, -0.1) is 11.3 Å². The molecule has 0 amide bonds. The Balaban J connectivity index is 1.38. The van der Waals surface area contributed by atoms with Crippen LogP contribution in [0.2, 0.25) is 0 Å². The summed E-state index contributed by atoms with van der Waals surface area (Å²) in [5.74, 6) is 0. The lowest BCUT2D eigenvalue weighted by Crippen LogP contribution is -2.20. The van der Waals surface area contributed by atoms with Crippen molar-refractivity contribution < 1.29 is 0 Å². The molecule has 5 aromatic rings. The summed E-state index contributed by atoms with van der Waals surface area (Å²) in [4.78, 5) is 22.1. The number of fused-ring (bicyclic) bond motifs is 1. The predicted molar refractivity (Wildman–Crippen MR) is 134 cm³/mol. The fourth-order valence-corrected chi connectivity index (χ4v) is 5.02. The van der Waals surface area contributed by atoms with E-state index in [4.69, 9.17) is 9.97 Å². The first-order chi connectivity index (χ1) is 16.2. The van der Waals surface area contributed by atoms with Crippen molar-refractivity contribution in [3.05, 3.63) is 77.8 Å². The molecule has 1 aliphatic heterocycles. The van der Waals surface area contributed by atoms with E-state index < -0.39 is 0 Å². The molecule has 5 heterocycles. The number of nitrogens with zero attached hydrogens (tertiary/aromatic N) is 4. The second-order valence-electron chi connectivity index (χ2n) is 8.14. The zero-order chi connectivity index (χ0) is 22.2. The molecule has 0 unspecified atom stereocenters. The summed E-state index contributed by atoms with van der Waals surface area (Å²) in [5.41, 5.74) is 9.08. The highest BCUT2D eigenvalue weighted by Crippen LogP contribution is 2.33. The van der Waals surface area contributed by atoms with Crippen molar-refractivity contribution in [3.8, 4) is 33.2 Å². The van der Waals surface area contributed by atoms with E-state index in [0.717, 1.165) is 75.0 Å². The number of aryl methyl sites for hydroxylation is 1. The molecule has 0 saturated heterocycles. The fourth-order valence-electron chi connectivity index (χ4n) is 4.20. The summed E-state index contributed by atoms with van der Waals surface area (Å²) in [6.07, 6.45) is 6.89. The van der Waals surface area contributed by atoms with E-state index in [-0.39, 0.29) is 0 Å². The number of aromatic amines is 1. The highest BCUT2D eigenvalue weighted by atomic mass is 32.1. The maximum Gasteiger partial charge on any atom is 0.125 e. The summed E-state index contributed by atoms with van der Waals surface area (Å²) in [5, 5.41) is 7.56. The van der Waals surface area contributed by atoms with Crippen molar-refractivity contribution >= 4 is 27.8 Å². The van der Waals surface area contributed by atoms with Gasteiger partial charge in [-0.1, -0.05) is 18.2 Å². The van der Waals surface area contributed by atoms with Crippen LogP contribution in [0.15, 0.2) is 66.4 Å². The van der Waals surface area contributed by atoms with E-state index in [9.17, 15) is 0 Å². The summed E-state index contributed by atoms with van der Waals surface area (Å²) in [6.45, 7) is 3.91. The van der Waals surface area contributed by atoms with Crippen molar-refractivity contribution in [2.75, 3.05) is 13.1 Å². The number of imidazole rings is 1. The van der Waals surface area contributed by atoms with Gasteiger partial charge in [0.2, 0.25) is 0 Å². The number of rotatable bonds is 4. The third-order valence-corrected chi connectivity index (χ3v) is 6.77. The lowest BCUT2D eigenvalue weighted by atomic mass is 10.0. The summed E-state index contributed by atoms with van der Waals surface area (Å²) in [6, 6.07) is 14.4. The molecule has 0 saturated carbocycles. The van der Waals surface area contributed by atoms with Crippen LogP contribution in [0.3, 0.4) is 0 Å². The standard InChI is InChI=1S/C26H22N6S/c1-16-3-2-4-22(31-16)25-24(29-15-30-25)18-5-6-21-19(11-18)12-20(13-28-21)26-32-23(14-33-26)17-7-9-27-10-8-17/h2-7,11-15,27H,8-10H2,1H3,(H,29,30). The molecule has 0 spiro atoms. The number of hydrogen-bond donors (Lipinski definition) is 2. The molecular formula is C26H22N6S. The minimum absolute atomic E-state index is 0.884. The first kappa shape index (κ1) is 20.0. The van der Waals surface area contributed by atoms with Gasteiger partial charge in [-0.2, -0.15) is 0 Å². The molecule has 2 N–H and O–H groups in total. The van der Waals surface area contributed by atoms with Crippen LogP contribution >= 0.6 is 11.3 Å². The second-order valence-corrected chi connectivity index (χ2v) is 9.00. The van der Waals surface area contributed by atoms with Gasteiger partial charge in [-0.3, -0.25) is 9.97 Å². The topological polar surface area (TPSA) is 79.4 Å². The van der Waals surface area contributed by atoms with Crippen molar-refractivity contribution in [1.82, 2.24) is 30.2 Å². The Morgan fingerprint density at radius 1 is 0.970 bits per heavy atom. The molecule has 0 aliphatic carbocycles. The second kappa shape index (κ2) is 8.35. The van der Waals surface area contributed by atoms with E-state index in [0.29, 0.717) is 0 Å². The molecule has 0 bridgehead atoms. The zero-order valence-corrected chi connectivity index (χ0v) is 19.0. The largest absolute Gasteiger partial charge is 0.343 e. The molecule has 162 valence electrons. The number of pyridine rings is 2. The van der Waals surface area contributed by atoms with Crippen LogP contribution in [-0.4, -0.2) is 38.0 Å². The Bertz CT molecular complexity index is 1500. The molecule has 1 aliphatic rings. The fraction of sp³-hybridized carbons (Fsp3) is 0.154. The number of aromatic nitrogens is 5. The molecule has 0 fully saturated rings. The number of thiazole rings is 1. The quantitative estimate of drug-likeness (QED) is 0.378. The van der Waals surface area contributed by atoms with Gasteiger partial charge in [-0.05, 0) is 55.8 Å². The van der Waals surface area contributed by atoms with Gasteiger partial charge in [0.1, 0.15) is 5.01 Å². The van der Waals surface area contributed by atoms with Gasteiger partial charge >= 0.3 is 0 Å². The summed E-state index contributed by atoms with van der Waals surface area (Å²) < 4.78 is 0. The van der Waals surface area contributed by atoms with Gasteiger partial charge in [-0.25, -0.2) is 9.97 Å². The molecule has 4 aromatic heterocycles. The predicted octanol–water partition coefficient (Wildman–Crippen LogP) is 5.50. The summed E-state index contributed by atoms with van der Waals surface area (Å²) >= 11 is 1.67. The van der Waals surface area contributed by atoms with Crippen molar-refractivity contribution in [2.45, 2.75) is 13.3 Å². The lowest BCUT2D eigenvalue weighted by Gasteiger charge is -2.11. The highest BCUT2D eigenvalue weighted by Gasteiger charge is 2.14. The maximum absolute atomic E-state index is 4.90. The molecular weight excluding hydrogens is 428 g/mol. The molecule has 33 heavy (non-hydrogen) atoms. The third-order valence-electron chi connectivity index (χ3n) is 5.88. The van der Waals surface area contributed by atoms with E-state index >= 15 is 0 Å². The Kier molecular flexibility index (Phi) is 5.05. The summed E-state index contributed by atoms with van der Waals surface area (Å²) in [7, 11) is 0. The Hall–Kier alpha value is -3.68. The van der Waals surface area contributed by atoms with Crippen LogP contribution in [0.4, 0.5) is 0 Å². The van der Waals surface area contributed by atoms with Crippen LogP contribution in [0.5, 0.6) is 0 Å². The molecule has 7 heteroatoms. The van der Waals surface area contributed by atoms with Crippen LogP contribution in [0.1, 0.15) is 17.8 Å². The van der Waals surface area contributed by atoms with Crippen LogP contribution < -0.4 is 5.32 Å². The minimum Gasteiger partial charge on any atom is -0.343 e. The Morgan fingerprint density at radius 2 is 1.91 bits per heavy atom. The van der Waals surface area contributed by atoms with Crippen LogP contribution in [-0.2, 0) is 0 Å². The van der Waals surface area contributed by atoms with Gasteiger partial charge in [0, 0.05) is 40.3 Å². The van der Waals surface area contributed by atoms with Gasteiger partial charge < -0.3 is 10.3 Å². The molecule has 1 aromatic carbocycles. The van der Waals surface area contributed by atoms with Crippen molar-refractivity contribution in [1.29, 1.82) is 0 Å². The normalized spacial score (nSPS) is 13.9. The Morgan fingerprint density at radius 3 is 2.79 bits per heavy atom. The van der Waals surface area contributed by atoms with Crippen molar-refractivity contribution in [2.24, 2.45) is 0 Å². The first-order valence-corrected chi connectivity index (χ1v) is 11.9. The van der Waals surface area contributed by atoms with Crippen molar-refractivity contribution in [3.63, 3.8) is 0 Å². The minimum atomic E-state index is 0.884. The van der Waals surface area contributed by atoms with Crippen LogP contribution in [0, 0.1) is 6.92 Å². The first-order valence-electron chi connectivity index (χ1n) is 11.0. The van der Waals surface area contributed by atoms with Gasteiger partial charge in [0.25, 0.3) is 0 Å². The van der Waals surface area contributed by atoms with E-state index in [1.807, 2.05) is 37.4 Å². The molecule has 0 radical (unpaired) electrons. The SMILES string of the molecule is Cc1cccc(-c2[nH]cnc2-c2ccc3ncc(-c4nc(C5=CCNCC5)cs4)cc3c2)n1. The molecule has 6 rings (SSSR count). The lowest BCUT2D eigenvalue weighted by molar-refractivity contribution is 0.737. The third kappa shape index (κ3) is 3.86. The average molecular weight is 451 g/mol. The monoisotopic (exact) mass is 450 g/mol. The van der Waals surface area contributed by atoms with Gasteiger partial charge in [0.05, 0.1) is 34.6 Å². The maximum atomic E-state index is 4.90. The molecule has 6 nitrogen and oxygen atoms in total. The number of benzene rings is 1. The van der Waals surface area contributed by atoms with Gasteiger partial charge in [0.15, 0.2) is 0 Å². The highest BCUT2D eigenvalue weighted by molar-refractivity contribution is 7.13. The van der Waals surface area contributed by atoms with E-state index in [2.05, 4.69) is 49.9 Å². The van der Waals surface area contributed by atoms with E-state index in [1.165, 1.54) is 5.57 Å². The number of H-pyrrole nitrogens is 1. The Labute approximate surface area is 195 Å². The zero-order valence-electron chi connectivity index (χ0n) is 18.2. The number of nitrogens with one attached hydrogen (secondary N) is 2. The van der Waals surface area contributed by atoms with Crippen LogP contribution in [0.25, 0.3) is 49.7 Å². The smallest absolute Gasteiger partial charge is 0.125 e.